The van der Waals surface area contributed by atoms with E-state index in [9.17, 15) is 26.4 Å². The lowest BCUT2D eigenvalue weighted by Gasteiger charge is -2.19. The molecule has 1 heterocycles. The first kappa shape index (κ1) is 19.9. The van der Waals surface area contributed by atoms with E-state index in [0.29, 0.717) is 23.6 Å². The topological polar surface area (TPSA) is 87.5 Å². The first-order chi connectivity index (χ1) is 12.0. The van der Waals surface area contributed by atoms with Crippen LogP contribution in [-0.2, 0) is 20.8 Å². The first-order valence-corrected chi connectivity index (χ1v) is 8.96. The predicted molar refractivity (Wildman–Crippen MR) is 85.3 cm³/mol. The fourth-order valence-electron chi connectivity index (χ4n) is 2.09. The molecule has 0 aliphatic heterocycles. The van der Waals surface area contributed by atoms with Crippen molar-refractivity contribution in [3.05, 3.63) is 58.0 Å². The molecular weight excluding hydrogens is 377 g/mol. The summed E-state index contributed by atoms with van der Waals surface area (Å²) in [4.78, 5) is 12.1. The second-order valence-corrected chi connectivity index (χ2v) is 6.96. The van der Waals surface area contributed by atoms with Crippen molar-refractivity contribution >= 4 is 10.1 Å². The van der Waals surface area contributed by atoms with Crippen LogP contribution >= 0.6 is 0 Å². The van der Waals surface area contributed by atoms with Crippen LogP contribution < -0.4 is 10.3 Å². The second kappa shape index (κ2) is 7.46. The normalized spacial score (nSPS) is 13.4. The maximum Gasteiger partial charge on any atom is 0.420 e. The Balaban J connectivity index is 2.30. The molecule has 0 N–H and O–H groups in total. The third kappa shape index (κ3) is 5.30. The van der Waals surface area contributed by atoms with Gasteiger partial charge in [-0.3, -0.25) is 8.98 Å². The molecule has 1 aromatic heterocycles. The summed E-state index contributed by atoms with van der Waals surface area (Å²) in [6, 6.07) is 7.32. The number of benzene rings is 1. The zero-order chi connectivity index (χ0) is 19.5. The number of aromatic nitrogens is 2. The van der Waals surface area contributed by atoms with E-state index in [1.54, 1.807) is 24.3 Å². The van der Waals surface area contributed by atoms with E-state index in [-0.39, 0.29) is 6.54 Å². The zero-order valence-corrected chi connectivity index (χ0v) is 14.5. The van der Waals surface area contributed by atoms with Crippen molar-refractivity contribution < 1.29 is 30.5 Å². The van der Waals surface area contributed by atoms with E-state index in [1.165, 1.54) is 7.11 Å². The molecule has 1 aromatic carbocycles. The molecule has 1 atom stereocenters. The van der Waals surface area contributed by atoms with Crippen molar-refractivity contribution in [1.29, 1.82) is 0 Å². The highest BCUT2D eigenvalue weighted by Gasteiger charge is 2.44. The molecule has 11 heteroatoms. The highest BCUT2D eigenvalue weighted by molar-refractivity contribution is 7.86. The van der Waals surface area contributed by atoms with Gasteiger partial charge in [0.15, 0.2) is 6.10 Å². The lowest BCUT2D eigenvalue weighted by molar-refractivity contribution is -0.196. The monoisotopic (exact) mass is 392 g/mol. The molecule has 1 unspecified atom stereocenters. The number of nitrogens with zero attached hydrogens (tertiary/aromatic N) is 2. The molecule has 26 heavy (non-hydrogen) atoms. The number of ether oxygens (including phenoxy) is 1. The van der Waals surface area contributed by atoms with Gasteiger partial charge in [0.05, 0.1) is 26.1 Å². The maximum absolute atomic E-state index is 13.0. The fourth-order valence-corrected chi connectivity index (χ4v) is 2.66. The van der Waals surface area contributed by atoms with E-state index in [0.717, 1.165) is 10.9 Å². The van der Waals surface area contributed by atoms with Crippen LogP contribution in [0.1, 0.15) is 17.2 Å². The first-order valence-electron chi connectivity index (χ1n) is 7.14. The van der Waals surface area contributed by atoms with Gasteiger partial charge in [-0.25, -0.2) is 4.68 Å². The van der Waals surface area contributed by atoms with Crippen molar-refractivity contribution in [2.24, 2.45) is 0 Å². The van der Waals surface area contributed by atoms with E-state index in [1.807, 2.05) is 0 Å². The van der Waals surface area contributed by atoms with E-state index in [4.69, 9.17) is 4.74 Å². The number of methoxy groups -OCH3 is 1. The second-order valence-electron chi connectivity index (χ2n) is 5.35. The zero-order valence-electron chi connectivity index (χ0n) is 13.7. The number of hydrogen-bond donors (Lipinski definition) is 0. The Kier molecular flexibility index (Phi) is 5.71. The Bertz CT molecular complexity index is 924. The Morgan fingerprint density at radius 3 is 2.31 bits per heavy atom. The number of halogens is 3. The van der Waals surface area contributed by atoms with E-state index in [2.05, 4.69) is 9.28 Å². The van der Waals surface area contributed by atoms with Crippen LogP contribution in [0.25, 0.3) is 0 Å². The Hall–Kier alpha value is -2.40. The molecule has 0 aliphatic rings. The van der Waals surface area contributed by atoms with Crippen LogP contribution in [0, 0.1) is 0 Å². The maximum atomic E-state index is 13.0. The van der Waals surface area contributed by atoms with Crippen LogP contribution in [0.15, 0.2) is 41.3 Å². The van der Waals surface area contributed by atoms with Gasteiger partial charge in [0.2, 0.25) is 0 Å². The van der Waals surface area contributed by atoms with Gasteiger partial charge in [0.1, 0.15) is 5.75 Å². The summed E-state index contributed by atoms with van der Waals surface area (Å²) in [5, 5.41) is 3.68. The lowest BCUT2D eigenvalue weighted by atomic mass is 10.1. The predicted octanol–water partition coefficient (Wildman–Crippen LogP) is 1.88. The molecule has 7 nitrogen and oxygen atoms in total. The molecule has 0 fully saturated rings. The van der Waals surface area contributed by atoms with Gasteiger partial charge in [-0.05, 0) is 17.7 Å². The molecule has 0 amide bonds. The summed E-state index contributed by atoms with van der Waals surface area (Å²) < 4.78 is 71.3. The summed E-state index contributed by atoms with van der Waals surface area (Å²) in [7, 11) is -2.91. The minimum Gasteiger partial charge on any atom is -0.497 e. The summed E-state index contributed by atoms with van der Waals surface area (Å²) in [5.41, 5.74) is -0.850. The third-order valence-electron chi connectivity index (χ3n) is 3.25. The quantitative estimate of drug-likeness (QED) is 0.698. The summed E-state index contributed by atoms with van der Waals surface area (Å²) in [6.45, 7) is 0.0206. The average Bonchev–Trinajstić information content (AvgIpc) is 2.53. The van der Waals surface area contributed by atoms with Crippen LogP contribution in [0.4, 0.5) is 13.2 Å². The highest BCUT2D eigenvalue weighted by Crippen LogP contribution is 2.36. The van der Waals surface area contributed by atoms with Crippen molar-refractivity contribution in [2.45, 2.75) is 18.8 Å². The number of alkyl halides is 3. The Morgan fingerprint density at radius 1 is 1.23 bits per heavy atom. The highest BCUT2D eigenvalue weighted by atomic mass is 32.2. The number of hydrogen-bond acceptors (Lipinski definition) is 6. The Morgan fingerprint density at radius 2 is 1.85 bits per heavy atom. The SMILES string of the molecule is COc1ccc(Cn2ncc(C(OS(C)(=O)=O)C(F)(F)F)cc2=O)cc1. The van der Waals surface area contributed by atoms with Crippen LogP contribution in [0.3, 0.4) is 0 Å². The minimum atomic E-state index is -5.03. The largest absolute Gasteiger partial charge is 0.497 e. The van der Waals surface area contributed by atoms with Crippen molar-refractivity contribution in [2.75, 3.05) is 13.4 Å². The number of rotatable bonds is 6. The molecule has 0 saturated carbocycles. The molecule has 0 aliphatic carbocycles. The molecule has 142 valence electrons. The van der Waals surface area contributed by atoms with Crippen molar-refractivity contribution in [3.63, 3.8) is 0 Å². The summed E-state index contributed by atoms with van der Waals surface area (Å²) >= 11 is 0. The molecule has 2 aromatic rings. The van der Waals surface area contributed by atoms with Gasteiger partial charge in [-0.1, -0.05) is 12.1 Å². The Labute approximate surface area is 147 Å². The molecule has 0 saturated heterocycles. The lowest BCUT2D eigenvalue weighted by Crippen LogP contribution is -2.29. The van der Waals surface area contributed by atoms with Gasteiger partial charge >= 0.3 is 6.18 Å². The molecule has 0 bridgehead atoms. The van der Waals surface area contributed by atoms with Gasteiger partial charge in [0.25, 0.3) is 15.7 Å². The van der Waals surface area contributed by atoms with Gasteiger partial charge in [-0.2, -0.15) is 26.7 Å². The van der Waals surface area contributed by atoms with Gasteiger partial charge in [-0.15, -0.1) is 0 Å². The van der Waals surface area contributed by atoms with Crippen molar-refractivity contribution in [1.82, 2.24) is 9.78 Å². The van der Waals surface area contributed by atoms with Gasteiger partial charge in [0, 0.05) is 11.6 Å². The third-order valence-corrected chi connectivity index (χ3v) is 3.80. The average molecular weight is 392 g/mol. The fraction of sp³-hybridized carbons (Fsp3) is 0.333. The minimum absolute atomic E-state index is 0.0206. The van der Waals surface area contributed by atoms with E-state index >= 15 is 0 Å². The van der Waals surface area contributed by atoms with Crippen molar-refractivity contribution in [3.8, 4) is 5.75 Å². The standard InChI is InChI=1S/C15H15F3N2O5S/c1-24-12-5-3-10(4-6-12)9-20-13(21)7-11(8-19-20)14(15(16,17)18)25-26(2,22)23/h3-8,14H,9H2,1-2H3. The smallest absolute Gasteiger partial charge is 0.420 e. The molecular formula is C15H15F3N2O5S. The molecule has 0 spiro atoms. The molecule has 0 radical (unpaired) electrons. The molecule has 2 rings (SSSR count). The van der Waals surface area contributed by atoms with E-state index < -0.39 is 33.5 Å². The van der Waals surface area contributed by atoms with Crippen LogP contribution in [0.5, 0.6) is 5.75 Å². The van der Waals surface area contributed by atoms with Crippen LogP contribution in [-0.4, -0.2) is 37.7 Å². The van der Waals surface area contributed by atoms with Crippen LogP contribution in [0.2, 0.25) is 0 Å². The summed E-state index contributed by atoms with van der Waals surface area (Å²) in [6.07, 6.45) is -6.58. The summed E-state index contributed by atoms with van der Waals surface area (Å²) in [5.74, 6) is 0.607. The van der Waals surface area contributed by atoms with Gasteiger partial charge < -0.3 is 4.74 Å².